The summed E-state index contributed by atoms with van der Waals surface area (Å²) in [6.07, 6.45) is 20.5. The molecule has 44 heavy (non-hydrogen) atoms. The molecule has 0 spiro atoms. The lowest BCUT2D eigenvalue weighted by Gasteiger charge is -2.44. The summed E-state index contributed by atoms with van der Waals surface area (Å²) in [4.78, 5) is 37.3. The Balaban J connectivity index is 1.52. The van der Waals surface area contributed by atoms with Gasteiger partial charge in [0, 0.05) is 24.1 Å². The van der Waals surface area contributed by atoms with Crippen molar-refractivity contribution in [2.45, 2.75) is 143 Å². The summed E-state index contributed by atoms with van der Waals surface area (Å²) in [7, 11) is 0. The third kappa shape index (κ3) is 15.8. The van der Waals surface area contributed by atoms with E-state index in [-0.39, 0.29) is 24.8 Å². The van der Waals surface area contributed by atoms with Crippen molar-refractivity contribution in [2.75, 3.05) is 18.5 Å². The number of rotatable bonds is 21. The molecule has 1 atom stereocenters. The third-order valence-corrected chi connectivity index (χ3v) is 7.81. The van der Waals surface area contributed by atoms with E-state index in [4.69, 9.17) is 14.2 Å². The zero-order valence-electron chi connectivity index (χ0n) is 28.0. The summed E-state index contributed by atoms with van der Waals surface area (Å²) in [5, 5.41) is 5.68. The molecule has 1 aliphatic rings. The SMILES string of the molecule is CCCCCCCC/C=C\CCCCCCCC(=O)Nc1ccc(OC(=O)CCNC(=O)C2OC(C)(C)OCC2(C)C)cc1. The molecule has 1 unspecified atom stereocenters. The van der Waals surface area contributed by atoms with Crippen LogP contribution in [0.5, 0.6) is 5.75 Å². The van der Waals surface area contributed by atoms with E-state index in [2.05, 4.69) is 29.7 Å². The number of amides is 2. The highest BCUT2D eigenvalue weighted by molar-refractivity contribution is 5.90. The zero-order valence-corrected chi connectivity index (χ0v) is 28.0. The molecule has 0 radical (unpaired) electrons. The van der Waals surface area contributed by atoms with E-state index in [9.17, 15) is 14.4 Å². The first-order valence-corrected chi connectivity index (χ1v) is 16.9. The fraction of sp³-hybridized carbons (Fsp3) is 0.694. The third-order valence-electron chi connectivity index (χ3n) is 7.81. The van der Waals surface area contributed by atoms with Crippen LogP contribution in [0.4, 0.5) is 5.69 Å². The summed E-state index contributed by atoms with van der Waals surface area (Å²) in [6.45, 7) is 10.2. The molecule has 2 N–H and O–H groups in total. The van der Waals surface area contributed by atoms with Crippen molar-refractivity contribution in [2.24, 2.45) is 5.41 Å². The van der Waals surface area contributed by atoms with Crippen LogP contribution in [-0.2, 0) is 23.9 Å². The van der Waals surface area contributed by atoms with Crippen LogP contribution in [0.15, 0.2) is 36.4 Å². The molecule has 2 amide bonds. The molecule has 1 aromatic rings. The van der Waals surface area contributed by atoms with Crippen molar-refractivity contribution >= 4 is 23.5 Å². The Morgan fingerprint density at radius 3 is 2.07 bits per heavy atom. The first-order chi connectivity index (χ1) is 21.0. The average molecular weight is 615 g/mol. The fourth-order valence-electron chi connectivity index (χ4n) is 5.07. The molecule has 8 heteroatoms. The van der Waals surface area contributed by atoms with E-state index in [0.717, 1.165) is 25.7 Å². The van der Waals surface area contributed by atoms with Gasteiger partial charge in [-0.2, -0.15) is 0 Å². The predicted molar refractivity (Wildman–Crippen MR) is 176 cm³/mol. The van der Waals surface area contributed by atoms with Gasteiger partial charge in [-0.1, -0.05) is 84.3 Å². The molecular weight excluding hydrogens is 556 g/mol. The molecule has 1 aliphatic heterocycles. The molecule has 1 fully saturated rings. The minimum absolute atomic E-state index is 0.0109. The second-order valence-corrected chi connectivity index (χ2v) is 13.1. The van der Waals surface area contributed by atoms with Gasteiger partial charge >= 0.3 is 5.97 Å². The highest BCUT2D eigenvalue weighted by Gasteiger charge is 2.45. The average Bonchev–Trinajstić information content (AvgIpc) is 2.97. The van der Waals surface area contributed by atoms with Gasteiger partial charge in [0.1, 0.15) is 11.9 Å². The van der Waals surface area contributed by atoms with Crippen LogP contribution in [-0.4, -0.2) is 42.8 Å². The van der Waals surface area contributed by atoms with Crippen molar-refractivity contribution in [3.63, 3.8) is 0 Å². The Hall–Kier alpha value is -2.71. The van der Waals surface area contributed by atoms with Crippen LogP contribution in [0.3, 0.4) is 0 Å². The molecule has 1 saturated heterocycles. The van der Waals surface area contributed by atoms with Crippen molar-refractivity contribution in [1.29, 1.82) is 0 Å². The number of hydrogen-bond donors (Lipinski definition) is 2. The Kier molecular flexibility index (Phi) is 17.3. The Labute approximate surface area is 266 Å². The number of hydrogen-bond acceptors (Lipinski definition) is 6. The minimum Gasteiger partial charge on any atom is -0.426 e. The predicted octanol–water partition coefficient (Wildman–Crippen LogP) is 8.25. The number of esters is 1. The van der Waals surface area contributed by atoms with E-state index in [0.29, 0.717) is 24.5 Å². The molecule has 1 heterocycles. The minimum atomic E-state index is -0.841. The topological polar surface area (TPSA) is 103 Å². The Morgan fingerprint density at radius 1 is 0.841 bits per heavy atom. The smallest absolute Gasteiger partial charge is 0.312 e. The molecule has 0 aromatic heterocycles. The first-order valence-electron chi connectivity index (χ1n) is 16.9. The van der Waals surface area contributed by atoms with Crippen LogP contribution in [0, 0.1) is 5.41 Å². The van der Waals surface area contributed by atoms with E-state index in [1.54, 1.807) is 38.1 Å². The van der Waals surface area contributed by atoms with Crippen molar-refractivity contribution in [3.8, 4) is 5.75 Å². The maximum Gasteiger partial charge on any atom is 0.312 e. The molecule has 8 nitrogen and oxygen atoms in total. The molecule has 0 bridgehead atoms. The number of benzene rings is 1. The van der Waals surface area contributed by atoms with Crippen LogP contribution in [0.2, 0.25) is 0 Å². The molecule has 2 rings (SSSR count). The maximum absolute atomic E-state index is 12.7. The normalized spacial score (nSPS) is 17.3. The summed E-state index contributed by atoms with van der Waals surface area (Å²) in [5.41, 5.74) is 0.179. The quantitative estimate of drug-likeness (QED) is 0.0626. The van der Waals surface area contributed by atoms with Gasteiger partial charge in [-0.3, -0.25) is 14.4 Å². The zero-order chi connectivity index (χ0) is 32.3. The van der Waals surface area contributed by atoms with Crippen molar-refractivity contribution < 1.29 is 28.6 Å². The highest BCUT2D eigenvalue weighted by Crippen LogP contribution is 2.34. The standard InChI is InChI=1S/C36H58N2O6/c1-6-7-8-9-10-11-12-13-14-15-16-17-18-19-20-21-31(39)38-29-22-24-30(25-23-29)43-32(40)26-27-37-34(41)33-35(2,3)28-42-36(4,5)44-33/h13-14,22-25,33H,6-12,15-21,26-28H2,1-5H3,(H,37,41)(H,38,39)/b14-13-. The number of carbonyl (C=O) groups is 3. The van der Waals surface area contributed by atoms with Gasteiger partial charge in [0.05, 0.1) is 13.0 Å². The van der Waals surface area contributed by atoms with Gasteiger partial charge in [-0.25, -0.2) is 0 Å². The van der Waals surface area contributed by atoms with Gasteiger partial charge in [0.2, 0.25) is 11.8 Å². The Morgan fingerprint density at radius 2 is 1.43 bits per heavy atom. The number of anilines is 1. The number of nitrogens with one attached hydrogen (secondary N) is 2. The number of unbranched alkanes of at least 4 members (excludes halogenated alkanes) is 11. The molecule has 0 aliphatic carbocycles. The lowest BCUT2D eigenvalue weighted by molar-refractivity contribution is -0.304. The Bertz CT molecular complexity index is 1020. The largest absolute Gasteiger partial charge is 0.426 e. The summed E-state index contributed by atoms with van der Waals surface area (Å²) >= 11 is 0. The van der Waals surface area contributed by atoms with Gasteiger partial charge < -0.3 is 24.8 Å². The van der Waals surface area contributed by atoms with Crippen molar-refractivity contribution in [3.05, 3.63) is 36.4 Å². The van der Waals surface area contributed by atoms with E-state index in [1.165, 1.54) is 57.8 Å². The second kappa shape index (κ2) is 20.3. The lowest BCUT2D eigenvalue weighted by atomic mass is 9.85. The first kappa shape index (κ1) is 37.5. The summed E-state index contributed by atoms with van der Waals surface area (Å²) in [6, 6.07) is 6.73. The summed E-state index contributed by atoms with van der Waals surface area (Å²) in [5.74, 6) is -1.21. The van der Waals surface area contributed by atoms with Gasteiger partial charge in [-0.15, -0.1) is 0 Å². The van der Waals surface area contributed by atoms with Gasteiger partial charge in [0.25, 0.3) is 0 Å². The van der Waals surface area contributed by atoms with Crippen LogP contribution >= 0.6 is 0 Å². The molecule has 0 saturated carbocycles. The van der Waals surface area contributed by atoms with Crippen molar-refractivity contribution in [1.82, 2.24) is 5.32 Å². The van der Waals surface area contributed by atoms with Crippen LogP contribution in [0.25, 0.3) is 0 Å². The maximum atomic E-state index is 12.7. The van der Waals surface area contributed by atoms with Gasteiger partial charge in [-0.05, 0) is 70.2 Å². The molecule has 1 aromatic carbocycles. The number of carbonyl (C=O) groups excluding carboxylic acids is 3. The summed E-state index contributed by atoms with van der Waals surface area (Å²) < 4.78 is 16.9. The van der Waals surface area contributed by atoms with Crippen LogP contribution < -0.4 is 15.4 Å². The number of allylic oxidation sites excluding steroid dienone is 2. The monoisotopic (exact) mass is 614 g/mol. The molecule has 248 valence electrons. The fourth-order valence-corrected chi connectivity index (χ4v) is 5.07. The van der Waals surface area contributed by atoms with Gasteiger partial charge in [0.15, 0.2) is 5.79 Å². The van der Waals surface area contributed by atoms with E-state index < -0.39 is 23.3 Å². The second-order valence-electron chi connectivity index (χ2n) is 13.1. The highest BCUT2D eigenvalue weighted by atomic mass is 16.7. The van der Waals surface area contributed by atoms with E-state index in [1.807, 2.05) is 13.8 Å². The van der Waals surface area contributed by atoms with E-state index >= 15 is 0 Å². The molecular formula is C36H58N2O6. The number of ether oxygens (including phenoxy) is 3. The van der Waals surface area contributed by atoms with Crippen LogP contribution in [0.1, 0.15) is 131 Å². The lowest BCUT2D eigenvalue weighted by Crippen LogP contribution is -2.56.